The Morgan fingerprint density at radius 3 is 1.71 bits per heavy atom. The van der Waals surface area contributed by atoms with Gasteiger partial charge in [0.25, 0.3) is 0 Å². The van der Waals surface area contributed by atoms with Gasteiger partial charge in [-0.05, 0) is 19.8 Å². The predicted molar refractivity (Wildman–Crippen MR) is 98.7 cm³/mol. The molecule has 0 fully saturated rings. The largest absolute Gasteiger partial charge is 0.364 e. The van der Waals surface area contributed by atoms with E-state index in [0.717, 1.165) is 25.7 Å². The summed E-state index contributed by atoms with van der Waals surface area (Å²) < 4.78 is 0. The van der Waals surface area contributed by atoms with Crippen molar-refractivity contribution in [3.05, 3.63) is 15.9 Å². The van der Waals surface area contributed by atoms with E-state index in [1.54, 1.807) is 6.92 Å². The lowest BCUT2D eigenvalue weighted by Gasteiger charge is -2.11. The highest BCUT2D eigenvalue weighted by Crippen LogP contribution is 2.30. The number of unbranched alkanes of at least 4 members (excludes halogenated alkanes) is 6. The lowest BCUT2D eigenvalue weighted by molar-refractivity contribution is -0.383. The van der Waals surface area contributed by atoms with Crippen molar-refractivity contribution in [1.29, 1.82) is 0 Å². The summed E-state index contributed by atoms with van der Waals surface area (Å²) in [6.45, 7) is 7.45. The van der Waals surface area contributed by atoms with E-state index in [-0.39, 0.29) is 5.69 Å². The topological polar surface area (TPSA) is 93.0 Å². The van der Waals surface area contributed by atoms with Crippen LogP contribution >= 0.6 is 0 Å². The third-order valence-electron chi connectivity index (χ3n) is 3.82. The molecule has 7 nitrogen and oxygen atoms in total. The maximum Gasteiger partial charge on any atom is 0.353 e. The van der Waals surface area contributed by atoms with Gasteiger partial charge in [0.05, 0.1) is 4.92 Å². The van der Waals surface area contributed by atoms with Crippen LogP contribution in [0, 0.1) is 17.0 Å². The molecule has 0 spiro atoms. The normalized spacial score (nSPS) is 10.6. The molecule has 1 rings (SSSR count). The van der Waals surface area contributed by atoms with Crippen molar-refractivity contribution in [3.8, 4) is 0 Å². The zero-order valence-corrected chi connectivity index (χ0v) is 15.2. The highest BCUT2D eigenvalue weighted by Gasteiger charge is 2.23. The number of anilines is 2. The van der Waals surface area contributed by atoms with Crippen molar-refractivity contribution in [3.63, 3.8) is 0 Å². The Kier molecular flexibility index (Phi) is 9.72. The van der Waals surface area contributed by atoms with Crippen LogP contribution in [-0.4, -0.2) is 28.0 Å². The molecule has 0 unspecified atom stereocenters. The molecule has 0 atom stereocenters. The smallest absolute Gasteiger partial charge is 0.353 e. The fourth-order valence-electron chi connectivity index (χ4n) is 2.50. The van der Waals surface area contributed by atoms with Gasteiger partial charge in [-0.25, -0.2) is 9.97 Å². The van der Waals surface area contributed by atoms with Gasteiger partial charge in [0.2, 0.25) is 11.6 Å². The van der Waals surface area contributed by atoms with Crippen molar-refractivity contribution < 1.29 is 4.92 Å². The summed E-state index contributed by atoms with van der Waals surface area (Å²) in [6, 6.07) is 0. The Morgan fingerprint density at radius 2 is 1.33 bits per heavy atom. The molecule has 2 N–H and O–H groups in total. The van der Waals surface area contributed by atoms with Crippen LogP contribution in [0.3, 0.4) is 0 Å². The highest BCUT2D eigenvalue weighted by molar-refractivity contribution is 5.69. The van der Waals surface area contributed by atoms with E-state index in [4.69, 9.17) is 0 Å². The minimum atomic E-state index is -0.401. The molecule has 1 aromatic rings. The minimum absolute atomic E-state index is 0.0495. The van der Waals surface area contributed by atoms with E-state index < -0.39 is 4.92 Å². The first-order valence-electron chi connectivity index (χ1n) is 9.10. The number of nitro groups is 1. The van der Waals surface area contributed by atoms with Gasteiger partial charge >= 0.3 is 5.69 Å². The van der Waals surface area contributed by atoms with Gasteiger partial charge in [-0.3, -0.25) is 10.1 Å². The number of rotatable bonds is 13. The van der Waals surface area contributed by atoms with Crippen molar-refractivity contribution in [2.45, 2.75) is 72.1 Å². The SMILES string of the molecule is CCCCCCNc1nc(C)nc(NCCCCCC)c1[N+](=O)[O-]. The molecular weight excluding hydrogens is 306 g/mol. The molecule has 1 heterocycles. The molecule has 0 aromatic carbocycles. The minimum Gasteiger partial charge on any atom is -0.364 e. The van der Waals surface area contributed by atoms with Gasteiger partial charge in [-0.15, -0.1) is 0 Å². The number of aryl methyl sites for hydroxylation is 1. The quantitative estimate of drug-likeness (QED) is 0.308. The third kappa shape index (κ3) is 7.10. The van der Waals surface area contributed by atoms with Crippen LogP contribution in [0.5, 0.6) is 0 Å². The summed E-state index contributed by atoms with van der Waals surface area (Å²) in [6.07, 6.45) is 8.88. The number of hydrogen-bond donors (Lipinski definition) is 2. The van der Waals surface area contributed by atoms with Gasteiger partial charge in [-0.2, -0.15) is 0 Å². The maximum atomic E-state index is 11.5. The van der Waals surface area contributed by atoms with Gasteiger partial charge in [0.15, 0.2) is 0 Å². The summed E-state index contributed by atoms with van der Waals surface area (Å²) in [5.41, 5.74) is -0.0495. The number of hydrogen-bond acceptors (Lipinski definition) is 6. The fraction of sp³-hybridized carbons (Fsp3) is 0.765. The fourth-order valence-corrected chi connectivity index (χ4v) is 2.50. The van der Waals surface area contributed by atoms with Crippen molar-refractivity contribution in [2.24, 2.45) is 0 Å². The molecule has 0 aliphatic heterocycles. The lowest BCUT2D eigenvalue weighted by Crippen LogP contribution is -2.13. The zero-order valence-electron chi connectivity index (χ0n) is 15.2. The van der Waals surface area contributed by atoms with Gasteiger partial charge in [0.1, 0.15) is 5.82 Å². The Bertz CT molecular complexity index is 473. The van der Waals surface area contributed by atoms with Crippen molar-refractivity contribution in [1.82, 2.24) is 9.97 Å². The molecule has 0 amide bonds. The van der Waals surface area contributed by atoms with E-state index in [2.05, 4.69) is 34.4 Å². The molecule has 1 aromatic heterocycles. The second-order valence-corrected chi connectivity index (χ2v) is 6.05. The van der Waals surface area contributed by atoms with Crippen LogP contribution < -0.4 is 10.6 Å². The van der Waals surface area contributed by atoms with Crippen LogP contribution in [0.1, 0.15) is 71.0 Å². The van der Waals surface area contributed by atoms with Gasteiger partial charge < -0.3 is 10.6 Å². The third-order valence-corrected chi connectivity index (χ3v) is 3.82. The van der Waals surface area contributed by atoms with E-state index in [1.807, 2.05) is 0 Å². The van der Waals surface area contributed by atoms with Crippen LogP contribution in [0.15, 0.2) is 0 Å². The summed E-state index contributed by atoms with van der Waals surface area (Å²) >= 11 is 0. The lowest BCUT2D eigenvalue weighted by atomic mass is 10.2. The Labute approximate surface area is 144 Å². The van der Waals surface area contributed by atoms with Crippen LogP contribution in [0.2, 0.25) is 0 Å². The maximum absolute atomic E-state index is 11.5. The second kappa shape index (κ2) is 11.6. The first-order valence-corrected chi connectivity index (χ1v) is 9.10. The molecule has 0 saturated carbocycles. The average molecular weight is 337 g/mol. The average Bonchev–Trinajstić information content (AvgIpc) is 2.53. The summed E-state index contributed by atoms with van der Waals surface area (Å²) in [4.78, 5) is 19.5. The van der Waals surface area contributed by atoms with Crippen molar-refractivity contribution in [2.75, 3.05) is 23.7 Å². The molecule has 24 heavy (non-hydrogen) atoms. The van der Waals surface area contributed by atoms with E-state index in [0.29, 0.717) is 30.5 Å². The van der Waals surface area contributed by atoms with E-state index in [1.165, 1.54) is 25.7 Å². The van der Waals surface area contributed by atoms with Crippen LogP contribution in [-0.2, 0) is 0 Å². The Morgan fingerprint density at radius 1 is 0.875 bits per heavy atom. The first-order chi connectivity index (χ1) is 11.6. The van der Waals surface area contributed by atoms with E-state index >= 15 is 0 Å². The molecule has 0 saturated heterocycles. The summed E-state index contributed by atoms with van der Waals surface area (Å²) in [7, 11) is 0. The highest BCUT2D eigenvalue weighted by atomic mass is 16.6. The number of nitrogens with one attached hydrogen (secondary N) is 2. The monoisotopic (exact) mass is 337 g/mol. The number of aromatic nitrogens is 2. The molecule has 0 aliphatic rings. The molecule has 7 heteroatoms. The van der Waals surface area contributed by atoms with Crippen molar-refractivity contribution >= 4 is 17.3 Å². The van der Waals surface area contributed by atoms with Crippen LogP contribution in [0.4, 0.5) is 17.3 Å². The van der Waals surface area contributed by atoms with E-state index in [9.17, 15) is 10.1 Å². The molecular formula is C17H31N5O2. The first kappa shape index (κ1) is 20.1. The Hall–Kier alpha value is -1.92. The molecule has 0 bridgehead atoms. The molecule has 0 radical (unpaired) electrons. The summed E-state index contributed by atoms with van der Waals surface area (Å²) in [5, 5.41) is 17.7. The molecule has 0 aliphatic carbocycles. The van der Waals surface area contributed by atoms with Gasteiger partial charge in [0, 0.05) is 13.1 Å². The van der Waals surface area contributed by atoms with Gasteiger partial charge in [-0.1, -0.05) is 52.4 Å². The second-order valence-electron chi connectivity index (χ2n) is 6.05. The standard InChI is InChI=1S/C17H31N5O2/c1-4-6-8-10-12-18-16-15(22(23)24)17(21-14(3)20-16)19-13-11-9-7-5-2/h4-13H2,1-3H3,(H2,18,19,20,21). The molecule has 136 valence electrons. The summed E-state index contributed by atoms with van der Waals surface area (Å²) in [5.74, 6) is 1.17. The Balaban J connectivity index is 2.73. The van der Waals surface area contributed by atoms with Crippen LogP contribution in [0.25, 0.3) is 0 Å². The predicted octanol–water partition coefficient (Wildman–Crippen LogP) is 4.68. The number of nitrogens with zero attached hydrogens (tertiary/aromatic N) is 3. The zero-order chi connectivity index (χ0) is 17.8.